The summed E-state index contributed by atoms with van der Waals surface area (Å²) >= 11 is 2.79. The van der Waals surface area contributed by atoms with Gasteiger partial charge in [-0.2, -0.15) is 0 Å². The molecule has 0 fully saturated rings. The van der Waals surface area contributed by atoms with Gasteiger partial charge in [0.1, 0.15) is 5.75 Å². The predicted octanol–water partition coefficient (Wildman–Crippen LogP) is 4.08. The molecule has 2 aromatic heterocycles. The van der Waals surface area contributed by atoms with Crippen molar-refractivity contribution in [1.29, 1.82) is 0 Å². The largest absolute Gasteiger partial charge is 0.496 e. The number of rotatable bonds is 7. The van der Waals surface area contributed by atoms with Crippen LogP contribution in [0.25, 0.3) is 10.2 Å². The number of thiazole rings is 1. The van der Waals surface area contributed by atoms with Crippen LogP contribution in [0.4, 0.5) is 11.6 Å². The standard InChI is InChI=1S/C21H17N5O3S2/c1-29-16-6-3-2-5-14(16)19(28)24-13-7-8-15-17(11-13)31-21(25-15)30-12-18(27)26-20-22-9-4-10-23-20/h2-11H,12H2,1H3,(H,24,28)(H,22,23,26,27). The Morgan fingerprint density at radius 1 is 1.06 bits per heavy atom. The number of methoxy groups -OCH3 is 1. The monoisotopic (exact) mass is 451 g/mol. The number of thioether (sulfide) groups is 1. The average molecular weight is 452 g/mol. The summed E-state index contributed by atoms with van der Waals surface area (Å²) in [6.45, 7) is 0. The number of hydrogen-bond donors (Lipinski definition) is 2. The maximum atomic E-state index is 12.6. The summed E-state index contributed by atoms with van der Waals surface area (Å²) in [5.74, 6) is 0.510. The molecule has 2 N–H and O–H groups in total. The van der Waals surface area contributed by atoms with Crippen molar-refractivity contribution >= 4 is 56.8 Å². The second kappa shape index (κ2) is 9.54. The summed E-state index contributed by atoms with van der Waals surface area (Å²) < 4.78 is 6.92. The number of para-hydroxylation sites is 1. The molecular weight excluding hydrogens is 434 g/mol. The van der Waals surface area contributed by atoms with Crippen LogP contribution in [-0.4, -0.2) is 39.6 Å². The fraction of sp³-hybridized carbons (Fsp3) is 0.0952. The van der Waals surface area contributed by atoms with Gasteiger partial charge in [-0.25, -0.2) is 15.0 Å². The number of nitrogens with zero attached hydrogens (tertiary/aromatic N) is 3. The Morgan fingerprint density at radius 3 is 2.68 bits per heavy atom. The number of benzene rings is 2. The molecule has 10 heteroatoms. The number of anilines is 2. The first-order chi connectivity index (χ1) is 15.1. The van der Waals surface area contributed by atoms with Crippen LogP contribution >= 0.6 is 23.1 Å². The van der Waals surface area contributed by atoms with Crippen molar-refractivity contribution in [2.45, 2.75) is 4.34 Å². The van der Waals surface area contributed by atoms with Gasteiger partial charge in [0.05, 0.1) is 28.6 Å². The first-order valence-corrected chi connectivity index (χ1v) is 11.0. The molecule has 2 amide bonds. The zero-order valence-electron chi connectivity index (χ0n) is 16.4. The van der Waals surface area contributed by atoms with Crippen LogP contribution in [0.2, 0.25) is 0 Å². The molecule has 0 bridgehead atoms. The highest BCUT2D eigenvalue weighted by Gasteiger charge is 2.13. The quantitative estimate of drug-likeness (QED) is 0.408. The normalized spacial score (nSPS) is 10.6. The first-order valence-electron chi connectivity index (χ1n) is 9.17. The number of carbonyl (C=O) groups excluding carboxylic acids is 2. The van der Waals surface area contributed by atoms with E-state index in [9.17, 15) is 9.59 Å². The Bertz CT molecular complexity index is 1230. The van der Waals surface area contributed by atoms with Gasteiger partial charge in [0.2, 0.25) is 11.9 Å². The van der Waals surface area contributed by atoms with Crippen molar-refractivity contribution in [1.82, 2.24) is 15.0 Å². The minimum atomic E-state index is -0.254. The topological polar surface area (TPSA) is 106 Å². The summed E-state index contributed by atoms with van der Waals surface area (Å²) in [5.41, 5.74) is 1.91. The van der Waals surface area contributed by atoms with Gasteiger partial charge in [-0.1, -0.05) is 23.9 Å². The summed E-state index contributed by atoms with van der Waals surface area (Å²) in [4.78, 5) is 37.1. The lowest BCUT2D eigenvalue weighted by atomic mass is 10.2. The maximum Gasteiger partial charge on any atom is 0.259 e. The molecule has 0 saturated carbocycles. The number of aromatic nitrogens is 3. The summed E-state index contributed by atoms with van der Waals surface area (Å²) in [6, 6.07) is 14.2. The Balaban J connectivity index is 1.41. The van der Waals surface area contributed by atoms with E-state index in [1.165, 1.54) is 30.2 Å². The van der Waals surface area contributed by atoms with Gasteiger partial charge in [0, 0.05) is 18.1 Å². The van der Waals surface area contributed by atoms with Crippen LogP contribution in [-0.2, 0) is 4.79 Å². The Hall–Kier alpha value is -3.50. The smallest absolute Gasteiger partial charge is 0.259 e. The van der Waals surface area contributed by atoms with E-state index in [2.05, 4.69) is 25.6 Å². The van der Waals surface area contributed by atoms with Crippen molar-refractivity contribution in [3.63, 3.8) is 0 Å². The molecule has 0 aliphatic heterocycles. The molecule has 0 radical (unpaired) electrons. The number of hydrogen-bond acceptors (Lipinski definition) is 8. The second-order valence-corrected chi connectivity index (χ2v) is 8.48. The van der Waals surface area contributed by atoms with Gasteiger partial charge in [0.25, 0.3) is 5.91 Å². The predicted molar refractivity (Wildman–Crippen MR) is 122 cm³/mol. The molecular formula is C21H17N5O3S2. The number of carbonyl (C=O) groups is 2. The number of ether oxygens (including phenoxy) is 1. The van der Waals surface area contributed by atoms with E-state index in [1.54, 1.807) is 42.7 Å². The molecule has 4 rings (SSSR count). The Morgan fingerprint density at radius 2 is 1.87 bits per heavy atom. The zero-order valence-corrected chi connectivity index (χ0v) is 18.0. The van der Waals surface area contributed by atoms with E-state index in [4.69, 9.17) is 4.74 Å². The average Bonchev–Trinajstić information content (AvgIpc) is 3.20. The second-order valence-electron chi connectivity index (χ2n) is 6.23. The molecule has 156 valence electrons. The molecule has 4 aromatic rings. The van der Waals surface area contributed by atoms with Crippen molar-refractivity contribution in [3.05, 3.63) is 66.5 Å². The van der Waals surface area contributed by atoms with Gasteiger partial charge in [-0.15, -0.1) is 11.3 Å². The maximum absolute atomic E-state index is 12.6. The van der Waals surface area contributed by atoms with E-state index in [0.717, 1.165) is 14.6 Å². The minimum absolute atomic E-state index is 0.190. The summed E-state index contributed by atoms with van der Waals surface area (Å²) in [5, 5.41) is 5.53. The first kappa shape index (κ1) is 20.8. The molecule has 0 atom stereocenters. The number of fused-ring (bicyclic) bond motifs is 1. The molecule has 0 aliphatic carbocycles. The number of nitrogens with one attached hydrogen (secondary N) is 2. The molecule has 31 heavy (non-hydrogen) atoms. The highest BCUT2D eigenvalue weighted by molar-refractivity contribution is 8.01. The molecule has 2 aromatic carbocycles. The van der Waals surface area contributed by atoms with Crippen molar-refractivity contribution < 1.29 is 14.3 Å². The van der Waals surface area contributed by atoms with E-state index < -0.39 is 0 Å². The SMILES string of the molecule is COc1ccccc1C(=O)Nc1ccc2nc(SCC(=O)Nc3ncccn3)sc2c1. The third kappa shape index (κ3) is 5.16. The third-order valence-electron chi connectivity index (χ3n) is 4.12. The van der Waals surface area contributed by atoms with Gasteiger partial charge in [-0.3, -0.25) is 14.9 Å². The number of amides is 2. The highest BCUT2D eigenvalue weighted by atomic mass is 32.2. The van der Waals surface area contributed by atoms with Crippen molar-refractivity contribution in [2.24, 2.45) is 0 Å². The minimum Gasteiger partial charge on any atom is -0.496 e. The van der Waals surface area contributed by atoms with E-state index in [1.807, 2.05) is 18.2 Å². The van der Waals surface area contributed by atoms with Gasteiger partial charge in [0.15, 0.2) is 4.34 Å². The van der Waals surface area contributed by atoms with Gasteiger partial charge < -0.3 is 10.1 Å². The van der Waals surface area contributed by atoms with Crippen LogP contribution < -0.4 is 15.4 Å². The zero-order chi connectivity index (χ0) is 21.6. The van der Waals surface area contributed by atoms with Crippen molar-refractivity contribution in [2.75, 3.05) is 23.5 Å². The third-order valence-corrected chi connectivity index (χ3v) is 6.28. The molecule has 0 unspecified atom stereocenters. The molecule has 0 spiro atoms. The van der Waals surface area contributed by atoms with E-state index in [0.29, 0.717) is 17.0 Å². The molecule has 0 aliphatic rings. The van der Waals surface area contributed by atoms with Crippen LogP contribution in [0.15, 0.2) is 65.3 Å². The lowest BCUT2D eigenvalue weighted by molar-refractivity contribution is -0.113. The van der Waals surface area contributed by atoms with Crippen LogP contribution in [0.5, 0.6) is 5.75 Å². The lowest BCUT2D eigenvalue weighted by Crippen LogP contribution is -2.15. The van der Waals surface area contributed by atoms with E-state index in [-0.39, 0.29) is 23.5 Å². The van der Waals surface area contributed by atoms with E-state index >= 15 is 0 Å². The molecule has 8 nitrogen and oxygen atoms in total. The molecule has 2 heterocycles. The fourth-order valence-electron chi connectivity index (χ4n) is 2.73. The molecule has 0 saturated heterocycles. The fourth-order valence-corrected chi connectivity index (χ4v) is 4.63. The summed E-state index contributed by atoms with van der Waals surface area (Å²) in [7, 11) is 1.53. The lowest BCUT2D eigenvalue weighted by Gasteiger charge is -2.09. The summed E-state index contributed by atoms with van der Waals surface area (Å²) in [6.07, 6.45) is 3.13. The Kier molecular flexibility index (Phi) is 6.39. The van der Waals surface area contributed by atoms with Crippen molar-refractivity contribution in [3.8, 4) is 5.75 Å². The van der Waals surface area contributed by atoms with Gasteiger partial charge >= 0.3 is 0 Å². The van der Waals surface area contributed by atoms with Crippen LogP contribution in [0.3, 0.4) is 0 Å². The van der Waals surface area contributed by atoms with Gasteiger partial charge in [-0.05, 0) is 36.4 Å². The van der Waals surface area contributed by atoms with Crippen LogP contribution in [0.1, 0.15) is 10.4 Å². The highest BCUT2D eigenvalue weighted by Crippen LogP contribution is 2.31. The Labute approximate surface area is 186 Å². The van der Waals surface area contributed by atoms with Crippen LogP contribution in [0, 0.1) is 0 Å².